The largest absolute Gasteiger partial charge is 0.379 e. The van der Waals surface area contributed by atoms with Crippen molar-refractivity contribution in [3.8, 4) is 0 Å². The minimum absolute atomic E-state index is 0.0791. The van der Waals surface area contributed by atoms with Crippen LogP contribution in [-0.4, -0.2) is 15.1 Å². The Morgan fingerprint density at radius 2 is 2.42 bits per heavy atom. The summed E-state index contributed by atoms with van der Waals surface area (Å²) in [6.45, 7) is 7.48. The van der Waals surface area contributed by atoms with Gasteiger partial charge in [0.25, 0.3) is 0 Å². The van der Waals surface area contributed by atoms with E-state index in [4.69, 9.17) is 0 Å². The Balaban J connectivity index is 3.04. The molecule has 1 unspecified atom stereocenters. The molecule has 0 aromatic carbocycles. The summed E-state index contributed by atoms with van der Waals surface area (Å²) >= 11 is 0. The standard InChI is InChI=1S/C9H14N2O/c1-4-9(12,7(2)3)8-5-10-6-11-8/h4-7,12H,1H2,2-3H3,(H,10,11). The third-order valence-electron chi connectivity index (χ3n) is 2.12. The van der Waals surface area contributed by atoms with Crippen LogP contribution >= 0.6 is 0 Å². The lowest BCUT2D eigenvalue weighted by atomic mass is 9.88. The predicted molar refractivity (Wildman–Crippen MR) is 47.5 cm³/mol. The maximum absolute atomic E-state index is 10.1. The SMILES string of the molecule is C=CC(O)(c1cnc[nH]1)C(C)C. The Morgan fingerprint density at radius 3 is 2.75 bits per heavy atom. The summed E-state index contributed by atoms with van der Waals surface area (Å²) in [5.74, 6) is 0.0791. The van der Waals surface area contributed by atoms with Crippen molar-refractivity contribution < 1.29 is 5.11 Å². The Hall–Kier alpha value is -1.09. The smallest absolute Gasteiger partial charge is 0.126 e. The third kappa shape index (κ3) is 1.28. The van der Waals surface area contributed by atoms with Gasteiger partial charge in [-0.1, -0.05) is 26.5 Å². The zero-order valence-electron chi connectivity index (χ0n) is 7.41. The second-order valence-electron chi connectivity index (χ2n) is 3.15. The minimum atomic E-state index is -0.990. The highest BCUT2D eigenvalue weighted by atomic mass is 16.3. The van der Waals surface area contributed by atoms with Gasteiger partial charge < -0.3 is 10.1 Å². The van der Waals surface area contributed by atoms with Gasteiger partial charge >= 0.3 is 0 Å². The summed E-state index contributed by atoms with van der Waals surface area (Å²) in [4.78, 5) is 6.73. The fourth-order valence-corrected chi connectivity index (χ4v) is 1.13. The molecule has 1 atom stereocenters. The van der Waals surface area contributed by atoms with Gasteiger partial charge in [0, 0.05) is 0 Å². The van der Waals surface area contributed by atoms with Gasteiger partial charge in [0.1, 0.15) is 5.60 Å². The molecule has 3 heteroatoms. The summed E-state index contributed by atoms with van der Waals surface area (Å²) in [5.41, 5.74) is -0.302. The first-order valence-electron chi connectivity index (χ1n) is 3.96. The molecule has 0 spiro atoms. The number of imidazole rings is 1. The van der Waals surface area contributed by atoms with Gasteiger partial charge in [-0.15, -0.1) is 0 Å². The predicted octanol–water partition coefficient (Wildman–Crippen LogP) is 1.44. The van der Waals surface area contributed by atoms with Crippen molar-refractivity contribution in [2.45, 2.75) is 19.4 Å². The van der Waals surface area contributed by atoms with E-state index in [1.807, 2.05) is 13.8 Å². The molecule has 3 nitrogen and oxygen atoms in total. The summed E-state index contributed by atoms with van der Waals surface area (Å²) in [5, 5.41) is 10.1. The normalized spacial score (nSPS) is 16.0. The Bertz CT molecular complexity index is 254. The molecule has 1 aromatic heterocycles. The topological polar surface area (TPSA) is 48.9 Å². The van der Waals surface area contributed by atoms with Crippen molar-refractivity contribution in [1.82, 2.24) is 9.97 Å². The van der Waals surface area contributed by atoms with E-state index in [9.17, 15) is 5.11 Å². The average molecular weight is 166 g/mol. The first-order valence-corrected chi connectivity index (χ1v) is 3.96. The molecule has 0 radical (unpaired) electrons. The van der Waals surface area contributed by atoms with Crippen LogP contribution in [0.3, 0.4) is 0 Å². The van der Waals surface area contributed by atoms with E-state index in [2.05, 4.69) is 16.5 Å². The van der Waals surface area contributed by atoms with E-state index < -0.39 is 5.60 Å². The molecule has 0 saturated carbocycles. The zero-order valence-corrected chi connectivity index (χ0v) is 7.41. The number of aliphatic hydroxyl groups is 1. The molecular formula is C9H14N2O. The summed E-state index contributed by atoms with van der Waals surface area (Å²) in [6.07, 6.45) is 4.69. The molecule has 0 saturated heterocycles. The molecule has 0 aliphatic rings. The maximum Gasteiger partial charge on any atom is 0.126 e. The molecule has 0 fully saturated rings. The minimum Gasteiger partial charge on any atom is -0.379 e. The van der Waals surface area contributed by atoms with Crippen molar-refractivity contribution in [3.63, 3.8) is 0 Å². The van der Waals surface area contributed by atoms with Crippen molar-refractivity contribution >= 4 is 0 Å². The maximum atomic E-state index is 10.1. The third-order valence-corrected chi connectivity index (χ3v) is 2.12. The fraction of sp³-hybridized carbons (Fsp3) is 0.444. The van der Waals surface area contributed by atoms with E-state index in [0.29, 0.717) is 5.69 Å². The van der Waals surface area contributed by atoms with Gasteiger partial charge in [-0.05, 0) is 5.92 Å². The van der Waals surface area contributed by atoms with Crippen LogP contribution in [0.4, 0.5) is 0 Å². The van der Waals surface area contributed by atoms with E-state index in [-0.39, 0.29) is 5.92 Å². The molecule has 1 heterocycles. The Labute approximate surface area is 72.2 Å². The molecule has 0 bridgehead atoms. The van der Waals surface area contributed by atoms with Crippen LogP contribution in [0.25, 0.3) is 0 Å². The van der Waals surface area contributed by atoms with Crippen LogP contribution in [0.1, 0.15) is 19.5 Å². The number of nitrogens with zero attached hydrogens (tertiary/aromatic N) is 1. The number of aromatic nitrogens is 2. The quantitative estimate of drug-likeness (QED) is 0.667. The highest BCUT2D eigenvalue weighted by Gasteiger charge is 2.30. The summed E-state index contributed by atoms with van der Waals surface area (Å²) in [7, 11) is 0. The molecule has 0 aliphatic carbocycles. The van der Waals surface area contributed by atoms with E-state index in [0.717, 1.165) is 0 Å². The lowest BCUT2D eigenvalue weighted by molar-refractivity contribution is 0.0364. The molecule has 0 aliphatic heterocycles. The van der Waals surface area contributed by atoms with Crippen molar-refractivity contribution in [2.75, 3.05) is 0 Å². The summed E-state index contributed by atoms with van der Waals surface area (Å²) in [6, 6.07) is 0. The monoisotopic (exact) mass is 166 g/mol. The second kappa shape index (κ2) is 3.11. The first kappa shape index (κ1) is 9.00. The van der Waals surface area contributed by atoms with Gasteiger partial charge in [-0.25, -0.2) is 4.98 Å². The van der Waals surface area contributed by atoms with E-state index in [1.165, 1.54) is 6.08 Å². The van der Waals surface area contributed by atoms with Crippen molar-refractivity contribution in [1.29, 1.82) is 0 Å². The number of nitrogens with one attached hydrogen (secondary N) is 1. The number of aromatic amines is 1. The summed E-state index contributed by atoms with van der Waals surface area (Å²) < 4.78 is 0. The molecule has 1 aromatic rings. The number of hydrogen-bond acceptors (Lipinski definition) is 2. The number of hydrogen-bond donors (Lipinski definition) is 2. The first-order chi connectivity index (χ1) is 5.61. The molecule has 2 N–H and O–H groups in total. The number of rotatable bonds is 3. The Kier molecular flexibility index (Phi) is 2.33. The van der Waals surface area contributed by atoms with E-state index >= 15 is 0 Å². The fourth-order valence-electron chi connectivity index (χ4n) is 1.13. The van der Waals surface area contributed by atoms with Crippen LogP contribution < -0.4 is 0 Å². The second-order valence-corrected chi connectivity index (χ2v) is 3.15. The van der Waals surface area contributed by atoms with Gasteiger partial charge in [-0.3, -0.25) is 0 Å². The van der Waals surface area contributed by atoms with Crippen LogP contribution in [-0.2, 0) is 5.60 Å². The lowest BCUT2D eigenvalue weighted by Crippen LogP contribution is -2.29. The van der Waals surface area contributed by atoms with Crippen molar-refractivity contribution in [2.24, 2.45) is 5.92 Å². The molecular weight excluding hydrogens is 152 g/mol. The highest BCUT2D eigenvalue weighted by Crippen LogP contribution is 2.28. The Morgan fingerprint density at radius 1 is 1.75 bits per heavy atom. The molecule has 1 rings (SSSR count). The number of H-pyrrole nitrogens is 1. The lowest BCUT2D eigenvalue weighted by Gasteiger charge is -2.26. The van der Waals surface area contributed by atoms with E-state index in [1.54, 1.807) is 12.5 Å². The van der Waals surface area contributed by atoms with Gasteiger partial charge in [-0.2, -0.15) is 0 Å². The van der Waals surface area contributed by atoms with Crippen molar-refractivity contribution in [3.05, 3.63) is 30.9 Å². The highest BCUT2D eigenvalue weighted by molar-refractivity contribution is 5.16. The average Bonchev–Trinajstić information content (AvgIpc) is 2.54. The molecule has 0 amide bonds. The van der Waals surface area contributed by atoms with Crippen LogP contribution in [0.2, 0.25) is 0 Å². The van der Waals surface area contributed by atoms with Gasteiger partial charge in [0.15, 0.2) is 0 Å². The zero-order chi connectivity index (χ0) is 9.19. The van der Waals surface area contributed by atoms with Crippen LogP contribution in [0.5, 0.6) is 0 Å². The molecule has 66 valence electrons. The van der Waals surface area contributed by atoms with Crippen LogP contribution in [0, 0.1) is 5.92 Å². The van der Waals surface area contributed by atoms with Gasteiger partial charge in [0.05, 0.1) is 18.2 Å². The van der Waals surface area contributed by atoms with Gasteiger partial charge in [0.2, 0.25) is 0 Å². The molecule has 12 heavy (non-hydrogen) atoms. The van der Waals surface area contributed by atoms with Crippen LogP contribution in [0.15, 0.2) is 25.2 Å².